The lowest BCUT2D eigenvalue weighted by molar-refractivity contribution is 0.123. The van der Waals surface area contributed by atoms with E-state index >= 15 is 0 Å². The average molecular weight is 425 g/mol. The van der Waals surface area contributed by atoms with E-state index in [1.165, 1.54) is 0 Å². The van der Waals surface area contributed by atoms with Gasteiger partial charge in [0.05, 0.1) is 0 Å². The van der Waals surface area contributed by atoms with E-state index in [4.69, 9.17) is 17.7 Å². The summed E-state index contributed by atoms with van der Waals surface area (Å²) in [5.41, 5.74) is 2.19. The number of hydrogen-bond donors (Lipinski definition) is 0. The molecular formula is C20H36N2O4Si2. The number of rotatable bonds is 14. The highest BCUT2D eigenvalue weighted by molar-refractivity contribution is 6.71. The fourth-order valence-electron chi connectivity index (χ4n) is 2.65. The van der Waals surface area contributed by atoms with Crippen LogP contribution in [0, 0.1) is 0 Å². The lowest BCUT2D eigenvalue weighted by atomic mass is 10.1. The minimum absolute atomic E-state index is 0.717. The van der Waals surface area contributed by atoms with Gasteiger partial charge in [-0.25, -0.2) is 0 Å². The quantitative estimate of drug-likeness (QED) is 0.257. The number of benzene rings is 1. The summed E-state index contributed by atoms with van der Waals surface area (Å²) < 4.78 is 21.8. The minimum Gasteiger partial charge on any atom is -0.420 e. The van der Waals surface area contributed by atoms with Crippen LogP contribution in [0.4, 0.5) is 0 Å². The molecule has 0 atom stereocenters. The van der Waals surface area contributed by atoms with Crippen LogP contribution in [-0.2, 0) is 17.7 Å². The summed E-state index contributed by atoms with van der Waals surface area (Å²) in [6, 6.07) is 10.1. The van der Waals surface area contributed by atoms with Crippen molar-refractivity contribution in [1.82, 2.24) is 0 Å². The van der Waals surface area contributed by atoms with Crippen molar-refractivity contribution in [3.63, 3.8) is 0 Å². The van der Waals surface area contributed by atoms with Crippen molar-refractivity contribution in [2.24, 2.45) is 9.98 Å². The second kappa shape index (κ2) is 13.1. The van der Waals surface area contributed by atoms with E-state index in [1.54, 1.807) is 21.3 Å². The van der Waals surface area contributed by atoms with Gasteiger partial charge in [0.1, 0.15) is 0 Å². The predicted molar refractivity (Wildman–Crippen MR) is 121 cm³/mol. The van der Waals surface area contributed by atoms with Gasteiger partial charge in [0.2, 0.25) is 0 Å². The molecule has 158 valence electrons. The third kappa shape index (κ3) is 9.35. The van der Waals surface area contributed by atoms with Gasteiger partial charge in [-0.15, -0.1) is 0 Å². The predicted octanol–water partition coefficient (Wildman–Crippen LogP) is 4.03. The first-order valence-electron chi connectivity index (χ1n) is 9.70. The lowest BCUT2D eigenvalue weighted by Crippen LogP contribution is -2.42. The molecule has 0 aliphatic heterocycles. The average Bonchev–Trinajstić information content (AvgIpc) is 2.72. The fraction of sp³-hybridized carbons (Fsp3) is 0.600. The maximum Gasteiger partial charge on any atom is 0.500 e. The zero-order valence-corrected chi connectivity index (χ0v) is 20.2. The van der Waals surface area contributed by atoms with Crippen LogP contribution in [0.2, 0.25) is 25.2 Å². The van der Waals surface area contributed by atoms with Gasteiger partial charge in [-0.05, 0) is 43.1 Å². The van der Waals surface area contributed by atoms with Crippen molar-refractivity contribution in [2.75, 3.05) is 41.5 Å². The number of hydrogen-bond acceptors (Lipinski definition) is 6. The summed E-state index contributed by atoms with van der Waals surface area (Å²) in [5.74, 6) is 0. The first-order chi connectivity index (χ1) is 13.4. The van der Waals surface area contributed by atoms with E-state index in [9.17, 15) is 0 Å². The molecule has 0 bridgehead atoms. The molecule has 0 fully saturated rings. The summed E-state index contributed by atoms with van der Waals surface area (Å²) in [6.45, 7) is 6.04. The van der Waals surface area contributed by atoms with Crippen LogP contribution in [0.3, 0.4) is 0 Å². The van der Waals surface area contributed by atoms with Crippen LogP contribution in [0.1, 0.15) is 24.0 Å². The van der Waals surface area contributed by atoms with Gasteiger partial charge in [0.25, 0.3) is 0 Å². The Balaban J connectivity index is 2.36. The van der Waals surface area contributed by atoms with E-state index < -0.39 is 17.1 Å². The summed E-state index contributed by atoms with van der Waals surface area (Å²) in [7, 11) is 2.78. The van der Waals surface area contributed by atoms with Crippen molar-refractivity contribution in [1.29, 1.82) is 0 Å². The summed E-state index contributed by atoms with van der Waals surface area (Å²) in [5, 5.41) is 0. The largest absolute Gasteiger partial charge is 0.500 e. The first kappa shape index (κ1) is 24.9. The van der Waals surface area contributed by atoms with Crippen molar-refractivity contribution in [3.8, 4) is 0 Å². The molecule has 0 heterocycles. The van der Waals surface area contributed by atoms with E-state index in [0.29, 0.717) is 0 Å². The zero-order valence-electron chi connectivity index (χ0n) is 18.2. The van der Waals surface area contributed by atoms with E-state index in [1.807, 2.05) is 19.5 Å². The van der Waals surface area contributed by atoms with Crippen LogP contribution in [-0.4, -0.2) is 71.1 Å². The molecule has 1 aromatic carbocycles. The molecule has 0 unspecified atom stereocenters. The Bertz CT molecular complexity index is 594. The van der Waals surface area contributed by atoms with Gasteiger partial charge in [-0.2, -0.15) is 0 Å². The molecule has 1 rings (SSSR count). The van der Waals surface area contributed by atoms with Gasteiger partial charge in [0, 0.05) is 60.0 Å². The van der Waals surface area contributed by atoms with E-state index in [0.717, 1.165) is 49.1 Å². The number of aliphatic imine (C=N–C) groups is 2. The Labute approximate surface area is 172 Å². The molecule has 0 amide bonds. The molecule has 1 aromatic rings. The highest BCUT2D eigenvalue weighted by atomic mass is 28.4. The summed E-state index contributed by atoms with van der Waals surface area (Å²) >= 11 is 0. The fourth-order valence-corrected chi connectivity index (χ4v) is 5.57. The minimum atomic E-state index is -2.48. The van der Waals surface area contributed by atoms with Crippen molar-refractivity contribution < 1.29 is 17.7 Å². The maximum atomic E-state index is 5.55. The molecule has 6 nitrogen and oxygen atoms in total. The number of nitrogens with zero attached hydrogens (tertiary/aromatic N) is 2. The Hall–Kier alpha value is -1.17. The third-order valence-corrected chi connectivity index (χ3v) is 10.2. The SMILES string of the molecule is CO[Si](C)(C)CCCN=Cc1ccc(C=NCCC[Si](OC)(OC)OC)cc1. The molecule has 28 heavy (non-hydrogen) atoms. The van der Waals surface area contributed by atoms with Gasteiger partial charge in [-0.3, -0.25) is 9.98 Å². The third-order valence-electron chi connectivity index (χ3n) is 4.74. The zero-order chi connectivity index (χ0) is 20.9. The topological polar surface area (TPSA) is 61.6 Å². The van der Waals surface area contributed by atoms with Crippen LogP contribution in [0.25, 0.3) is 0 Å². The smallest absolute Gasteiger partial charge is 0.420 e. The van der Waals surface area contributed by atoms with Crippen LogP contribution in [0.15, 0.2) is 34.3 Å². The normalized spacial score (nSPS) is 13.1. The second-order valence-corrected chi connectivity index (χ2v) is 14.7. The molecule has 0 radical (unpaired) electrons. The van der Waals surface area contributed by atoms with Crippen LogP contribution >= 0.6 is 0 Å². The Morgan fingerprint density at radius 3 is 1.54 bits per heavy atom. The van der Waals surface area contributed by atoms with Crippen LogP contribution < -0.4 is 0 Å². The van der Waals surface area contributed by atoms with Gasteiger partial charge < -0.3 is 17.7 Å². The van der Waals surface area contributed by atoms with Gasteiger partial charge in [-0.1, -0.05) is 24.3 Å². The molecule has 0 saturated heterocycles. The lowest BCUT2D eigenvalue weighted by Gasteiger charge is -2.23. The molecule has 0 N–H and O–H groups in total. The van der Waals surface area contributed by atoms with Gasteiger partial charge >= 0.3 is 8.80 Å². The van der Waals surface area contributed by atoms with Crippen molar-refractivity contribution >= 4 is 29.6 Å². The highest BCUT2D eigenvalue weighted by Gasteiger charge is 2.36. The molecular weight excluding hydrogens is 388 g/mol. The van der Waals surface area contributed by atoms with Crippen LogP contribution in [0.5, 0.6) is 0 Å². The molecule has 0 saturated carbocycles. The Kier molecular flexibility index (Phi) is 11.7. The summed E-state index contributed by atoms with van der Waals surface area (Å²) in [4.78, 5) is 9.00. The monoisotopic (exact) mass is 424 g/mol. The molecule has 0 aromatic heterocycles. The molecule has 0 spiro atoms. The second-order valence-electron chi connectivity index (χ2n) is 7.20. The van der Waals surface area contributed by atoms with E-state index in [-0.39, 0.29) is 0 Å². The van der Waals surface area contributed by atoms with Crippen molar-refractivity contribution in [2.45, 2.75) is 38.0 Å². The standard InChI is InChI=1S/C20H36N2O4Si2/c1-23-27(5,6)15-7-13-21-17-19-9-11-20(12-10-19)18-22-14-8-16-28(24-2,25-3)26-4/h9-12,17-18H,7-8,13-16H2,1-6H3. The van der Waals surface area contributed by atoms with Gasteiger partial charge in [0.15, 0.2) is 8.32 Å². The molecule has 8 heteroatoms. The maximum absolute atomic E-state index is 5.55. The molecule has 0 aliphatic rings. The highest BCUT2D eigenvalue weighted by Crippen LogP contribution is 2.15. The van der Waals surface area contributed by atoms with Crippen molar-refractivity contribution in [3.05, 3.63) is 35.4 Å². The Morgan fingerprint density at radius 1 is 0.714 bits per heavy atom. The summed E-state index contributed by atoms with van der Waals surface area (Å²) in [6.07, 6.45) is 5.78. The van der Waals surface area contributed by atoms with E-state index in [2.05, 4.69) is 47.3 Å². The Morgan fingerprint density at radius 2 is 1.14 bits per heavy atom. The first-order valence-corrected chi connectivity index (χ1v) is 14.8. The molecule has 0 aliphatic carbocycles.